The third-order valence-corrected chi connectivity index (χ3v) is 7.83. The monoisotopic (exact) mass is 493 g/mol. The lowest BCUT2D eigenvalue weighted by Crippen LogP contribution is -2.30. The number of carbonyl (C=O) groups excluding carboxylic acids is 1. The quantitative estimate of drug-likeness (QED) is 0.197. The number of nitrogens with zero attached hydrogens (tertiary/aromatic N) is 1. The van der Waals surface area contributed by atoms with Crippen LogP contribution in [0.25, 0.3) is 23.3 Å². The maximum atomic E-state index is 10.9. The second-order valence-corrected chi connectivity index (χ2v) is 10.6. The minimum Gasteiger partial charge on any atom is -0.334 e. The van der Waals surface area contributed by atoms with Crippen LogP contribution in [0, 0.1) is 0 Å². The van der Waals surface area contributed by atoms with Gasteiger partial charge in [-0.2, -0.15) is 0 Å². The maximum absolute atomic E-state index is 10.9. The normalized spacial score (nSPS) is 16.8. The van der Waals surface area contributed by atoms with Gasteiger partial charge in [0, 0.05) is 22.4 Å². The Morgan fingerprint density at radius 1 is 0.711 bits per heavy atom. The number of allylic oxidation sites excluding steroid dienone is 2. The van der Waals surface area contributed by atoms with Gasteiger partial charge in [-0.05, 0) is 64.1 Å². The molecule has 6 rings (SSSR count). The van der Waals surface area contributed by atoms with Crippen LogP contribution >= 0.6 is 0 Å². The van der Waals surface area contributed by atoms with Crippen molar-refractivity contribution in [1.29, 1.82) is 0 Å². The van der Waals surface area contributed by atoms with E-state index in [1.165, 1.54) is 39.2 Å². The zero-order valence-electron chi connectivity index (χ0n) is 21.8. The molecule has 2 nitrogen and oxygen atoms in total. The van der Waals surface area contributed by atoms with Crippen LogP contribution < -0.4 is 4.90 Å². The molecule has 0 spiro atoms. The van der Waals surface area contributed by atoms with Gasteiger partial charge in [-0.15, -0.1) is 0 Å². The summed E-state index contributed by atoms with van der Waals surface area (Å²) in [6.45, 7) is 4.67. The summed E-state index contributed by atoms with van der Waals surface area (Å²) < 4.78 is 0. The van der Waals surface area contributed by atoms with Gasteiger partial charge in [-0.1, -0.05) is 117 Å². The Hall–Kier alpha value is -4.43. The van der Waals surface area contributed by atoms with E-state index >= 15 is 0 Å². The van der Waals surface area contributed by atoms with Crippen LogP contribution in [0.2, 0.25) is 0 Å². The SMILES string of the molecule is CC1(C)c2cc(C=Cc3ccc(C=O)cc3)ccc2-c2ccc(N(c3ccccc3)C3C=CC=CC3)cc21. The Labute approximate surface area is 225 Å². The summed E-state index contributed by atoms with van der Waals surface area (Å²) in [6, 6.07) is 32.4. The number of para-hydroxylation sites is 1. The topological polar surface area (TPSA) is 20.3 Å². The van der Waals surface area contributed by atoms with E-state index in [2.05, 4.69) is 122 Å². The first-order chi connectivity index (χ1) is 18.5. The van der Waals surface area contributed by atoms with Crippen LogP contribution in [0.4, 0.5) is 11.4 Å². The van der Waals surface area contributed by atoms with Gasteiger partial charge >= 0.3 is 0 Å². The molecule has 0 heterocycles. The molecular weight excluding hydrogens is 462 g/mol. The second-order valence-electron chi connectivity index (χ2n) is 10.6. The van der Waals surface area contributed by atoms with E-state index in [1.807, 2.05) is 24.3 Å². The van der Waals surface area contributed by atoms with Gasteiger partial charge in [0.05, 0.1) is 6.04 Å². The van der Waals surface area contributed by atoms with E-state index in [9.17, 15) is 4.79 Å². The Balaban J connectivity index is 1.35. The van der Waals surface area contributed by atoms with Crippen LogP contribution in [-0.4, -0.2) is 12.3 Å². The lowest BCUT2D eigenvalue weighted by Gasteiger charge is -2.33. The molecule has 1 atom stereocenters. The van der Waals surface area contributed by atoms with Crippen LogP contribution in [0.15, 0.2) is 115 Å². The minimum absolute atomic E-state index is 0.110. The average Bonchev–Trinajstić information content (AvgIpc) is 3.19. The predicted molar refractivity (Wildman–Crippen MR) is 160 cm³/mol. The molecule has 186 valence electrons. The summed E-state index contributed by atoms with van der Waals surface area (Å²) in [6.07, 6.45) is 15.0. The average molecular weight is 494 g/mol. The number of hydrogen-bond acceptors (Lipinski definition) is 2. The predicted octanol–water partition coefficient (Wildman–Crippen LogP) is 9.00. The molecule has 0 saturated heterocycles. The summed E-state index contributed by atoms with van der Waals surface area (Å²) >= 11 is 0. The van der Waals surface area contributed by atoms with Crippen molar-refractivity contribution < 1.29 is 4.79 Å². The van der Waals surface area contributed by atoms with Gasteiger partial charge in [-0.25, -0.2) is 0 Å². The number of rotatable bonds is 6. The highest BCUT2D eigenvalue weighted by molar-refractivity contribution is 5.85. The molecule has 0 amide bonds. The molecule has 0 saturated carbocycles. The lowest BCUT2D eigenvalue weighted by atomic mass is 9.81. The van der Waals surface area contributed by atoms with Crippen LogP contribution in [0.1, 0.15) is 52.9 Å². The molecule has 1 unspecified atom stereocenters. The zero-order chi connectivity index (χ0) is 26.1. The van der Waals surface area contributed by atoms with E-state index in [-0.39, 0.29) is 11.5 Å². The number of anilines is 2. The molecular formula is C36H31NO. The second kappa shape index (κ2) is 9.79. The van der Waals surface area contributed by atoms with Gasteiger partial charge in [0.15, 0.2) is 0 Å². The molecule has 2 aliphatic rings. The van der Waals surface area contributed by atoms with Crippen LogP contribution in [0.5, 0.6) is 0 Å². The highest BCUT2D eigenvalue weighted by Crippen LogP contribution is 2.50. The number of fused-ring (bicyclic) bond motifs is 3. The Kier molecular flexibility index (Phi) is 6.17. The van der Waals surface area contributed by atoms with Crippen molar-refractivity contribution >= 4 is 29.8 Å². The van der Waals surface area contributed by atoms with E-state index < -0.39 is 0 Å². The summed E-state index contributed by atoms with van der Waals surface area (Å²) in [5.74, 6) is 0. The van der Waals surface area contributed by atoms with Crippen molar-refractivity contribution in [1.82, 2.24) is 0 Å². The smallest absolute Gasteiger partial charge is 0.150 e. The largest absolute Gasteiger partial charge is 0.334 e. The van der Waals surface area contributed by atoms with E-state index in [1.54, 1.807) is 0 Å². The van der Waals surface area contributed by atoms with Gasteiger partial charge in [0.25, 0.3) is 0 Å². The molecule has 2 aliphatic carbocycles. The molecule has 4 aromatic rings. The van der Waals surface area contributed by atoms with Gasteiger partial charge in [-0.3, -0.25) is 4.79 Å². The molecule has 4 aromatic carbocycles. The molecule has 0 aliphatic heterocycles. The fourth-order valence-corrected chi connectivity index (χ4v) is 5.75. The van der Waals surface area contributed by atoms with Gasteiger partial charge in [0.1, 0.15) is 6.29 Å². The number of benzene rings is 4. The molecule has 0 radical (unpaired) electrons. The number of carbonyl (C=O) groups is 1. The zero-order valence-corrected chi connectivity index (χ0v) is 21.8. The third kappa shape index (κ3) is 4.33. The van der Waals surface area contributed by atoms with E-state index in [0.29, 0.717) is 5.56 Å². The molecule has 0 fully saturated rings. The minimum atomic E-state index is -0.110. The Bertz CT molecular complexity index is 1570. The summed E-state index contributed by atoms with van der Waals surface area (Å²) in [5.41, 5.74) is 10.6. The number of hydrogen-bond donors (Lipinski definition) is 0. The summed E-state index contributed by atoms with van der Waals surface area (Å²) in [5, 5.41) is 0. The van der Waals surface area contributed by atoms with Crippen molar-refractivity contribution in [2.75, 3.05) is 4.90 Å². The Morgan fingerprint density at radius 2 is 1.37 bits per heavy atom. The highest BCUT2D eigenvalue weighted by atomic mass is 16.1. The molecule has 0 aromatic heterocycles. The van der Waals surface area contributed by atoms with Crippen molar-refractivity contribution in [3.8, 4) is 11.1 Å². The van der Waals surface area contributed by atoms with E-state index in [0.717, 1.165) is 18.3 Å². The third-order valence-electron chi connectivity index (χ3n) is 7.83. The van der Waals surface area contributed by atoms with Crippen LogP contribution in [0.3, 0.4) is 0 Å². The van der Waals surface area contributed by atoms with Crippen molar-refractivity contribution in [2.45, 2.75) is 31.7 Å². The van der Waals surface area contributed by atoms with Gasteiger partial charge < -0.3 is 4.90 Å². The Morgan fingerprint density at radius 3 is 2.08 bits per heavy atom. The standard InChI is InChI=1S/C36H31NO/c1-36(2)34-23-27(16-13-26-14-17-28(25-38)18-15-26)19-21-32(34)33-22-20-31(24-35(33)36)37(29-9-5-3-6-10-29)30-11-7-4-8-12-30/h3-11,13-25,30H,12H2,1-2H3. The highest BCUT2D eigenvalue weighted by Gasteiger charge is 2.36. The fourth-order valence-electron chi connectivity index (χ4n) is 5.75. The first-order valence-corrected chi connectivity index (χ1v) is 13.2. The first-order valence-electron chi connectivity index (χ1n) is 13.2. The van der Waals surface area contributed by atoms with Crippen molar-refractivity contribution in [2.24, 2.45) is 0 Å². The molecule has 0 bridgehead atoms. The summed E-state index contributed by atoms with van der Waals surface area (Å²) in [7, 11) is 0. The number of aldehydes is 1. The molecule has 2 heteroatoms. The van der Waals surface area contributed by atoms with E-state index in [4.69, 9.17) is 0 Å². The maximum Gasteiger partial charge on any atom is 0.150 e. The van der Waals surface area contributed by atoms with Gasteiger partial charge in [0.2, 0.25) is 0 Å². The fraction of sp³-hybridized carbons (Fsp3) is 0.139. The molecule has 38 heavy (non-hydrogen) atoms. The van der Waals surface area contributed by atoms with Crippen molar-refractivity contribution in [3.05, 3.63) is 143 Å². The molecule has 0 N–H and O–H groups in total. The lowest BCUT2D eigenvalue weighted by molar-refractivity contribution is 0.112. The first kappa shape index (κ1) is 23.9. The van der Waals surface area contributed by atoms with Crippen molar-refractivity contribution in [3.63, 3.8) is 0 Å². The summed E-state index contributed by atoms with van der Waals surface area (Å²) in [4.78, 5) is 13.4. The van der Waals surface area contributed by atoms with Crippen LogP contribution in [-0.2, 0) is 5.41 Å².